The molecule has 2 aromatic rings. The van der Waals surface area contributed by atoms with Gasteiger partial charge in [0.25, 0.3) is 5.91 Å². The van der Waals surface area contributed by atoms with Gasteiger partial charge in [0.15, 0.2) is 6.61 Å². The van der Waals surface area contributed by atoms with Crippen LogP contribution < -0.4 is 10.1 Å². The second-order valence-electron chi connectivity index (χ2n) is 9.30. The monoisotopic (exact) mass is 532 g/mol. The van der Waals surface area contributed by atoms with Gasteiger partial charge in [0, 0.05) is 12.6 Å². The van der Waals surface area contributed by atoms with Crippen molar-refractivity contribution in [3.8, 4) is 5.75 Å². The Morgan fingerprint density at radius 2 is 1.76 bits per heavy atom. The first-order chi connectivity index (χ1) is 16.2. The van der Waals surface area contributed by atoms with E-state index in [2.05, 4.69) is 35.1 Å². The average Bonchev–Trinajstić information content (AvgIpc) is 2.82. The summed E-state index contributed by atoms with van der Waals surface area (Å²) in [7, 11) is 0. The van der Waals surface area contributed by atoms with Gasteiger partial charge in [0.1, 0.15) is 17.6 Å². The van der Waals surface area contributed by atoms with Gasteiger partial charge >= 0.3 is 0 Å². The van der Waals surface area contributed by atoms with Gasteiger partial charge in [-0.1, -0.05) is 51.3 Å². The van der Waals surface area contributed by atoms with Crippen LogP contribution in [0.4, 0.5) is 4.39 Å². The van der Waals surface area contributed by atoms with Gasteiger partial charge in [-0.15, -0.1) is 0 Å². The van der Waals surface area contributed by atoms with E-state index in [1.807, 2.05) is 18.2 Å². The molecule has 184 valence electrons. The number of hydrogen-bond acceptors (Lipinski definition) is 3. The van der Waals surface area contributed by atoms with E-state index in [9.17, 15) is 14.0 Å². The number of carbonyl (C=O) groups is 2. The molecule has 0 spiro atoms. The van der Waals surface area contributed by atoms with E-state index in [1.165, 1.54) is 23.5 Å². The quantitative estimate of drug-likeness (QED) is 0.433. The number of benzene rings is 2. The molecule has 0 aromatic heterocycles. The molecule has 2 amide bonds. The summed E-state index contributed by atoms with van der Waals surface area (Å²) in [5.41, 5.74) is 1.91. The van der Waals surface area contributed by atoms with Gasteiger partial charge < -0.3 is 15.0 Å². The number of ether oxygens (including phenoxy) is 1. The number of rotatable bonds is 9. The highest BCUT2D eigenvalue weighted by atomic mass is 79.9. The first-order valence-electron chi connectivity index (χ1n) is 12.0. The Kier molecular flexibility index (Phi) is 9.51. The molecule has 0 aliphatic heterocycles. The maximum absolute atomic E-state index is 13.4. The third-order valence-electron chi connectivity index (χ3n) is 6.36. The lowest BCUT2D eigenvalue weighted by atomic mass is 9.95. The zero-order chi connectivity index (χ0) is 24.7. The first-order valence-corrected chi connectivity index (χ1v) is 12.8. The third-order valence-corrected chi connectivity index (χ3v) is 6.98. The summed E-state index contributed by atoms with van der Waals surface area (Å²) in [6.07, 6.45) is 5.34. The van der Waals surface area contributed by atoms with E-state index < -0.39 is 6.04 Å². The summed E-state index contributed by atoms with van der Waals surface area (Å²) in [6.45, 7) is 5.93. The highest BCUT2D eigenvalue weighted by Crippen LogP contribution is 2.29. The summed E-state index contributed by atoms with van der Waals surface area (Å²) in [6, 6.07) is 11.2. The third kappa shape index (κ3) is 7.29. The Labute approximate surface area is 210 Å². The number of nitrogens with zero attached hydrogens (tertiary/aromatic N) is 1. The van der Waals surface area contributed by atoms with Crippen LogP contribution in [0.2, 0.25) is 0 Å². The van der Waals surface area contributed by atoms with E-state index in [-0.39, 0.29) is 36.8 Å². The lowest BCUT2D eigenvalue weighted by Gasteiger charge is -2.31. The molecule has 0 heterocycles. The normalized spacial score (nSPS) is 15.1. The van der Waals surface area contributed by atoms with Crippen molar-refractivity contribution in [2.75, 3.05) is 6.61 Å². The van der Waals surface area contributed by atoms with Crippen molar-refractivity contribution in [2.24, 2.45) is 0 Å². The summed E-state index contributed by atoms with van der Waals surface area (Å²) >= 11 is 3.52. The van der Waals surface area contributed by atoms with Crippen LogP contribution in [-0.2, 0) is 16.1 Å². The predicted molar refractivity (Wildman–Crippen MR) is 135 cm³/mol. The van der Waals surface area contributed by atoms with E-state index in [0.29, 0.717) is 11.7 Å². The predicted octanol–water partition coefficient (Wildman–Crippen LogP) is 5.96. The van der Waals surface area contributed by atoms with E-state index in [0.717, 1.165) is 41.3 Å². The van der Waals surface area contributed by atoms with Crippen LogP contribution in [0, 0.1) is 5.82 Å². The Balaban J connectivity index is 1.71. The number of hydrogen-bond donors (Lipinski definition) is 1. The first kappa shape index (κ1) is 26.2. The van der Waals surface area contributed by atoms with Gasteiger partial charge in [0.05, 0.1) is 4.47 Å². The van der Waals surface area contributed by atoms with Crippen LogP contribution in [0.5, 0.6) is 5.75 Å². The highest BCUT2D eigenvalue weighted by molar-refractivity contribution is 9.10. The minimum Gasteiger partial charge on any atom is -0.483 e. The Morgan fingerprint density at radius 3 is 2.38 bits per heavy atom. The summed E-state index contributed by atoms with van der Waals surface area (Å²) in [5.74, 6) is 0.114. The average molecular weight is 533 g/mol. The van der Waals surface area contributed by atoms with E-state index in [1.54, 1.807) is 19.1 Å². The van der Waals surface area contributed by atoms with Crippen LogP contribution in [0.15, 0.2) is 46.9 Å². The SMILES string of the molecule is CC(C)c1ccc(OCC(=O)N(Cc2ccc(F)cc2)[C@H](C)C(=O)NC2CCCCC2)c(Br)c1. The van der Waals surface area contributed by atoms with Crippen LogP contribution in [-0.4, -0.2) is 35.4 Å². The smallest absolute Gasteiger partial charge is 0.261 e. The van der Waals surface area contributed by atoms with Crippen LogP contribution in [0.1, 0.15) is 69.9 Å². The molecule has 0 unspecified atom stereocenters. The molecule has 34 heavy (non-hydrogen) atoms. The molecule has 0 radical (unpaired) electrons. The van der Waals surface area contributed by atoms with E-state index in [4.69, 9.17) is 4.74 Å². The molecule has 1 aliphatic carbocycles. The molecular weight excluding hydrogens is 499 g/mol. The molecule has 1 atom stereocenters. The fraction of sp³-hybridized carbons (Fsp3) is 0.481. The largest absolute Gasteiger partial charge is 0.483 e. The van der Waals surface area contributed by atoms with Crippen molar-refractivity contribution in [1.82, 2.24) is 10.2 Å². The van der Waals surface area contributed by atoms with Crippen molar-refractivity contribution in [1.29, 1.82) is 0 Å². The lowest BCUT2D eigenvalue weighted by molar-refractivity contribution is -0.142. The fourth-order valence-electron chi connectivity index (χ4n) is 4.15. The topological polar surface area (TPSA) is 58.6 Å². The Bertz CT molecular complexity index is 974. The maximum Gasteiger partial charge on any atom is 0.261 e. The Morgan fingerprint density at radius 1 is 1.09 bits per heavy atom. The molecule has 3 rings (SSSR count). The summed E-state index contributed by atoms with van der Waals surface area (Å²) in [5, 5.41) is 3.11. The van der Waals surface area contributed by atoms with Gasteiger partial charge in [-0.25, -0.2) is 4.39 Å². The van der Waals surface area contributed by atoms with Gasteiger partial charge in [-0.3, -0.25) is 9.59 Å². The van der Waals surface area contributed by atoms with Crippen molar-refractivity contribution < 1.29 is 18.7 Å². The number of halogens is 2. The van der Waals surface area contributed by atoms with Crippen LogP contribution in [0.25, 0.3) is 0 Å². The number of carbonyl (C=O) groups excluding carboxylic acids is 2. The van der Waals surface area contributed by atoms with Crippen LogP contribution >= 0.6 is 15.9 Å². The zero-order valence-electron chi connectivity index (χ0n) is 20.2. The standard InChI is InChI=1S/C27H34BrFN2O3/c1-18(2)21-11-14-25(24(28)15-21)34-17-26(32)31(16-20-9-12-22(29)13-10-20)19(3)27(33)30-23-7-5-4-6-8-23/h9-15,18-19,23H,4-8,16-17H2,1-3H3,(H,30,33)/t19-/m1/s1. The van der Waals surface area contributed by atoms with E-state index >= 15 is 0 Å². The molecule has 0 saturated heterocycles. The molecule has 0 bridgehead atoms. The minimum absolute atomic E-state index is 0.151. The summed E-state index contributed by atoms with van der Waals surface area (Å²) < 4.78 is 20.0. The molecule has 2 aromatic carbocycles. The van der Waals surface area contributed by atoms with Gasteiger partial charge in [0.2, 0.25) is 5.91 Å². The van der Waals surface area contributed by atoms with Crippen molar-refractivity contribution >= 4 is 27.7 Å². The number of amides is 2. The second-order valence-corrected chi connectivity index (χ2v) is 10.2. The lowest BCUT2D eigenvalue weighted by Crippen LogP contribution is -2.51. The molecule has 5 nitrogen and oxygen atoms in total. The van der Waals surface area contributed by atoms with Crippen molar-refractivity contribution in [3.63, 3.8) is 0 Å². The van der Waals surface area contributed by atoms with Crippen LogP contribution in [0.3, 0.4) is 0 Å². The minimum atomic E-state index is -0.685. The van der Waals surface area contributed by atoms with Gasteiger partial charge in [-0.05, 0) is 77.0 Å². The maximum atomic E-state index is 13.4. The highest BCUT2D eigenvalue weighted by Gasteiger charge is 2.28. The summed E-state index contributed by atoms with van der Waals surface area (Å²) in [4.78, 5) is 27.8. The Hall–Kier alpha value is -2.41. The molecule has 7 heteroatoms. The molecule has 1 aliphatic rings. The second kappa shape index (κ2) is 12.3. The number of nitrogens with one attached hydrogen (secondary N) is 1. The molecule has 1 N–H and O–H groups in total. The van der Waals surface area contributed by atoms with Crippen molar-refractivity contribution in [3.05, 3.63) is 63.9 Å². The zero-order valence-corrected chi connectivity index (χ0v) is 21.7. The van der Waals surface area contributed by atoms with Crippen molar-refractivity contribution in [2.45, 2.75) is 77.4 Å². The molecular formula is C27H34BrFN2O3. The van der Waals surface area contributed by atoms with Gasteiger partial charge in [-0.2, -0.15) is 0 Å². The molecule has 1 fully saturated rings. The fourth-order valence-corrected chi connectivity index (χ4v) is 4.66. The molecule has 1 saturated carbocycles.